The molecule has 1 unspecified atom stereocenters. The molecule has 0 aliphatic carbocycles. The van der Waals surface area contributed by atoms with Crippen LogP contribution in [0.2, 0.25) is 0 Å². The monoisotopic (exact) mass is 410 g/mol. The molecule has 1 aliphatic rings. The Kier molecular flexibility index (Phi) is 5.25. The summed E-state index contributed by atoms with van der Waals surface area (Å²) in [6, 6.07) is 12.1. The minimum atomic E-state index is -1.23. The maximum Gasteiger partial charge on any atom is 0.285 e. The first-order chi connectivity index (χ1) is 14.4. The number of aromatic carboxylic acids is 1. The van der Waals surface area contributed by atoms with Crippen molar-refractivity contribution >= 4 is 11.7 Å². The van der Waals surface area contributed by atoms with E-state index in [0.29, 0.717) is 31.0 Å². The predicted octanol–water partition coefficient (Wildman–Crippen LogP) is -0.101. The van der Waals surface area contributed by atoms with Crippen LogP contribution < -0.4 is 10.0 Å². The lowest BCUT2D eigenvalue weighted by Gasteiger charge is -2.18. The molecule has 0 saturated carbocycles. The van der Waals surface area contributed by atoms with Crippen LogP contribution in [0.3, 0.4) is 0 Å². The van der Waals surface area contributed by atoms with Crippen LogP contribution in [-0.2, 0) is 6.54 Å². The third-order valence-corrected chi connectivity index (χ3v) is 5.17. The second kappa shape index (κ2) is 8.01. The van der Waals surface area contributed by atoms with E-state index in [1.54, 1.807) is 24.3 Å². The fraction of sp³-hybridized carbons (Fsp3) is 0.250. The average Bonchev–Trinajstić information content (AvgIpc) is 3.35. The summed E-state index contributed by atoms with van der Waals surface area (Å²) in [5.74, 6) is -0.648. The van der Waals surface area contributed by atoms with Crippen molar-refractivity contribution in [2.75, 3.05) is 6.54 Å². The standard InChI is InChI=1S/C20H18N4O6/c25-16-9-17(23(11-16)10-12-4-6-13(7-5-12)20(26)27)19-21-18(22-30-19)14-2-1-3-15(8-14)24(28)29/h1-8,16-17,25H,9-11H2,(H,26,27)/t16-,17+/m1/s1. The first kappa shape index (κ1) is 19.7. The number of carboxylic acids is 1. The molecule has 1 aromatic heterocycles. The molecule has 3 aromatic rings. The lowest BCUT2D eigenvalue weighted by atomic mass is 10.1. The molecule has 0 radical (unpaired) electrons. The van der Waals surface area contributed by atoms with Crippen LogP contribution in [0.5, 0.6) is 0 Å². The first-order valence-electron chi connectivity index (χ1n) is 9.32. The quantitative estimate of drug-likeness (QED) is 0.423. The molecule has 4 rings (SSSR count). The van der Waals surface area contributed by atoms with Crippen LogP contribution in [0, 0.1) is 10.1 Å². The number of nitrogens with zero attached hydrogens (tertiary/aromatic N) is 3. The number of aliphatic hydroxyl groups excluding tert-OH is 1. The number of carboxylic acid groups (broad SMARTS) is 1. The van der Waals surface area contributed by atoms with Crippen LogP contribution in [0.1, 0.15) is 34.3 Å². The van der Waals surface area contributed by atoms with Gasteiger partial charge in [-0.3, -0.25) is 10.1 Å². The Balaban J connectivity index is 1.54. The highest BCUT2D eigenvalue weighted by Gasteiger charge is 2.40. The van der Waals surface area contributed by atoms with E-state index in [0.717, 1.165) is 10.5 Å². The number of nitrogens with one attached hydrogen (secondary N) is 1. The molecule has 0 amide bonds. The number of likely N-dealkylation sites (tertiary alicyclic amines) is 1. The largest absolute Gasteiger partial charge is 0.545 e. The maximum atomic E-state index is 11.0. The molecule has 2 heterocycles. The highest BCUT2D eigenvalue weighted by molar-refractivity contribution is 5.85. The average molecular weight is 410 g/mol. The highest BCUT2D eigenvalue weighted by atomic mass is 16.6. The fourth-order valence-electron chi connectivity index (χ4n) is 3.71. The van der Waals surface area contributed by atoms with Crippen molar-refractivity contribution in [2.45, 2.75) is 25.1 Å². The Morgan fingerprint density at radius 2 is 2.03 bits per heavy atom. The summed E-state index contributed by atoms with van der Waals surface area (Å²) >= 11 is 0. The van der Waals surface area contributed by atoms with E-state index in [4.69, 9.17) is 4.52 Å². The molecule has 3 atom stereocenters. The van der Waals surface area contributed by atoms with E-state index in [-0.39, 0.29) is 23.1 Å². The van der Waals surface area contributed by atoms with Crippen molar-refractivity contribution < 1.29 is 29.4 Å². The number of carbonyl (C=O) groups excluding carboxylic acids is 1. The van der Waals surface area contributed by atoms with Gasteiger partial charge in [-0.05, 0) is 5.56 Å². The number of carbonyl (C=O) groups is 1. The molecule has 1 saturated heterocycles. The van der Waals surface area contributed by atoms with Crippen LogP contribution >= 0.6 is 0 Å². The maximum absolute atomic E-state index is 11.0. The van der Waals surface area contributed by atoms with Gasteiger partial charge in [0.1, 0.15) is 19.2 Å². The number of aliphatic hydroxyl groups is 1. The number of quaternary nitrogens is 1. The summed E-state index contributed by atoms with van der Waals surface area (Å²) in [6.45, 7) is 1.00. The topological polar surface area (TPSA) is 147 Å². The third kappa shape index (κ3) is 4.04. The van der Waals surface area contributed by atoms with Gasteiger partial charge >= 0.3 is 0 Å². The summed E-state index contributed by atoms with van der Waals surface area (Å²) in [5.41, 5.74) is 1.40. The van der Waals surface area contributed by atoms with Crippen molar-refractivity contribution in [3.05, 3.63) is 75.7 Å². The SMILES string of the molecule is O=C([O-])c1ccc(C[NH+]2C[C@H](O)C[C@H]2c2nc(-c3cccc([N+](=O)[O-])c3)no2)cc1. The van der Waals surface area contributed by atoms with E-state index < -0.39 is 17.0 Å². The third-order valence-electron chi connectivity index (χ3n) is 5.17. The van der Waals surface area contributed by atoms with Gasteiger partial charge in [0.25, 0.3) is 11.6 Å². The van der Waals surface area contributed by atoms with Crippen molar-refractivity contribution in [1.29, 1.82) is 0 Å². The molecule has 30 heavy (non-hydrogen) atoms. The zero-order chi connectivity index (χ0) is 21.3. The molecule has 10 nitrogen and oxygen atoms in total. The molecule has 1 fully saturated rings. The summed E-state index contributed by atoms with van der Waals surface area (Å²) in [6.07, 6.45) is -0.107. The van der Waals surface area contributed by atoms with Gasteiger partial charge in [0.05, 0.1) is 10.9 Å². The summed E-state index contributed by atoms with van der Waals surface area (Å²) < 4.78 is 5.42. The molecular formula is C20H18N4O6. The van der Waals surface area contributed by atoms with E-state index in [9.17, 15) is 25.1 Å². The molecule has 0 spiro atoms. The number of non-ortho nitro benzene ring substituents is 1. The van der Waals surface area contributed by atoms with E-state index in [1.807, 2.05) is 0 Å². The number of nitro benzene ring substituents is 1. The van der Waals surface area contributed by atoms with Crippen molar-refractivity contribution in [2.24, 2.45) is 0 Å². The van der Waals surface area contributed by atoms with Crippen LogP contribution in [-0.4, -0.2) is 38.8 Å². The second-order valence-electron chi connectivity index (χ2n) is 7.23. The van der Waals surface area contributed by atoms with Gasteiger partial charge in [0, 0.05) is 29.7 Å². The molecular weight excluding hydrogens is 392 g/mol. The first-order valence-corrected chi connectivity index (χ1v) is 9.32. The molecule has 2 aromatic carbocycles. The Morgan fingerprint density at radius 1 is 1.27 bits per heavy atom. The fourth-order valence-corrected chi connectivity index (χ4v) is 3.71. The minimum absolute atomic E-state index is 0.0672. The smallest absolute Gasteiger partial charge is 0.285 e. The van der Waals surface area contributed by atoms with Gasteiger partial charge in [-0.25, -0.2) is 0 Å². The molecule has 1 aliphatic heterocycles. The lowest BCUT2D eigenvalue weighted by molar-refractivity contribution is -0.934. The Labute approximate surface area is 170 Å². The van der Waals surface area contributed by atoms with Gasteiger partial charge in [-0.15, -0.1) is 0 Å². The zero-order valence-corrected chi connectivity index (χ0v) is 15.7. The number of nitro groups is 1. The predicted molar refractivity (Wildman–Crippen MR) is 100 cm³/mol. The van der Waals surface area contributed by atoms with Gasteiger partial charge in [0.2, 0.25) is 5.82 Å². The summed E-state index contributed by atoms with van der Waals surface area (Å²) in [4.78, 5) is 26.8. The number of hydrogen-bond acceptors (Lipinski definition) is 8. The van der Waals surface area contributed by atoms with E-state index in [2.05, 4.69) is 10.1 Å². The molecule has 2 N–H and O–H groups in total. The van der Waals surface area contributed by atoms with Gasteiger partial charge in [0.15, 0.2) is 6.04 Å². The minimum Gasteiger partial charge on any atom is -0.545 e. The molecule has 10 heteroatoms. The zero-order valence-electron chi connectivity index (χ0n) is 15.7. The number of benzene rings is 2. The molecule has 154 valence electrons. The van der Waals surface area contributed by atoms with Crippen molar-refractivity contribution in [1.82, 2.24) is 10.1 Å². The van der Waals surface area contributed by atoms with E-state index in [1.165, 1.54) is 24.3 Å². The van der Waals surface area contributed by atoms with Crippen LogP contribution in [0.15, 0.2) is 53.1 Å². The normalized spacial score (nSPS) is 20.9. The Bertz CT molecular complexity index is 1080. The van der Waals surface area contributed by atoms with Crippen molar-refractivity contribution in [3.63, 3.8) is 0 Å². The van der Waals surface area contributed by atoms with Gasteiger partial charge in [-0.1, -0.05) is 41.6 Å². The summed E-state index contributed by atoms with van der Waals surface area (Å²) in [5, 5.41) is 36.0. The lowest BCUT2D eigenvalue weighted by Crippen LogP contribution is -3.09. The highest BCUT2D eigenvalue weighted by Crippen LogP contribution is 2.25. The van der Waals surface area contributed by atoms with Crippen molar-refractivity contribution in [3.8, 4) is 11.4 Å². The van der Waals surface area contributed by atoms with Gasteiger partial charge < -0.3 is 24.4 Å². The Hall–Kier alpha value is -3.63. The van der Waals surface area contributed by atoms with E-state index >= 15 is 0 Å². The van der Waals surface area contributed by atoms with Gasteiger partial charge in [-0.2, -0.15) is 4.98 Å². The van der Waals surface area contributed by atoms with Crippen LogP contribution in [0.4, 0.5) is 5.69 Å². The number of hydrogen-bond donors (Lipinski definition) is 2. The second-order valence-corrected chi connectivity index (χ2v) is 7.23. The number of rotatable bonds is 6. The van der Waals surface area contributed by atoms with Crippen LogP contribution in [0.25, 0.3) is 11.4 Å². The Morgan fingerprint density at radius 3 is 2.73 bits per heavy atom. The molecule has 0 bridgehead atoms. The number of aromatic nitrogens is 2. The summed E-state index contributed by atoms with van der Waals surface area (Å²) in [7, 11) is 0.